The van der Waals surface area contributed by atoms with Crippen molar-refractivity contribution in [2.45, 2.75) is 51.7 Å². The Morgan fingerprint density at radius 2 is 1.89 bits per heavy atom. The van der Waals surface area contributed by atoms with Gasteiger partial charge in [0.15, 0.2) is 11.1 Å². The number of fused-ring (bicyclic) bond motifs is 4. The third-order valence-electron chi connectivity index (χ3n) is 7.45. The zero-order valence-electron chi connectivity index (χ0n) is 20.1. The molecule has 1 saturated carbocycles. The first-order chi connectivity index (χ1) is 17.0. The largest absolute Gasteiger partial charge is 0.422 e. The van der Waals surface area contributed by atoms with Crippen LogP contribution in [0.1, 0.15) is 38.3 Å². The quantitative estimate of drug-likeness (QED) is 0.405. The topological polar surface area (TPSA) is 92.0 Å². The molecule has 178 valence electrons. The summed E-state index contributed by atoms with van der Waals surface area (Å²) in [7, 11) is 0. The Morgan fingerprint density at radius 1 is 1.09 bits per heavy atom. The summed E-state index contributed by atoms with van der Waals surface area (Å²) in [4.78, 5) is 20.7. The lowest BCUT2D eigenvalue weighted by atomic mass is 9.96. The highest BCUT2D eigenvalue weighted by Crippen LogP contribution is 2.41. The summed E-state index contributed by atoms with van der Waals surface area (Å²) >= 11 is 0. The van der Waals surface area contributed by atoms with Crippen molar-refractivity contribution in [3.63, 3.8) is 0 Å². The maximum Gasteiger partial charge on any atom is 0.298 e. The second kappa shape index (κ2) is 7.42. The minimum atomic E-state index is -0.0493. The molecular weight excluding hydrogens is 440 g/mol. The molecule has 1 saturated heterocycles. The number of piperazine rings is 1. The van der Waals surface area contributed by atoms with Crippen LogP contribution in [0.25, 0.3) is 44.0 Å². The molecule has 1 aliphatic heterocycles. The zero-order valence-corrected chi connectivity index (χ0v) is 20.1. The van der Waals surface area contributed by atoms with Crippen LogP contribution in [0.5, 0.6) is 0 Å². The van der Waals surface area contributed by atoms with E-state index in [1.54, 1.807) is 0 Å². The maximum atomic E-state index is 13.8. The number of rotatable bonds is 3. The summed E-state index contributed by atoms with van der Waals surface area (Å²) < 4.78 is 8.34. The smallest absolute Gasteiger partial charge is 0.298 e. The van der Waals surface area contributed by atoms with Crippen LogP contribution in [0.15, 0.2) is 45.7 Å². The van der Waals surface area contributed by atoms with E-state index in [-0.39, 0.29) is 11.6 Å². The molecule has 3 aromatic heterocycles. The first-order valence-electron chi connectivity index (χ1n) is 12.4. The molecule has 8 nitrogen and oxygen atoms in total. The zero-order chi connectivity index (χ0) is 23.8. The van der Waals surface area contributed by atoms with E-state index in [0.717, 1.165) is 64.4 Å². The highest BCUT2D eigenvalue weighted by Gasteiger charge is 2.31. The molecule has 2 atom stereocenters. The summed E-state index contributed by atoms with van der Waals surface area (Å²) in [5.74, 6) is 0. The molecule has 0 spiro atoms. The van der Waals surface area contributed by atoms with Crippen molar-refractivity contribution in [2.24, 2.45) is 0 Å². The molecule has 7 rings (SSSR count). The van der Waals surface area contributed by atoms with E-state index in [0.29, 0.717) is 29.2 Å². The number of oxazole rings is 1. The van der Waals surface area contributed by atoms with Crippen molar-refractivity contribution in [3.8, 4) is 11.1 Å². The number of aromatic amines is 1. The van der Waals surface area contributed by atoms with Crippen molar-refractivity contribution < 1.29 is 4.42 Å². The molecule has 0 bridgehead atoms. The van der Waals surface area contributed by atoms with Crippen molar-refractivity contribution in [3.05, 3.63) is 52.4 Å². The van der Waals surface area contributed by atoms with Gasteiger partial charge in [-0.2, -0.15) is 10.1 Å². The SMILES string of the molecule is Cc1c(-c2ccc3[nH]ncc3c2)ccc2c3oc(N4C[C@@H](C)N[C@@H](C)C4)nc3c(=O)n(C3CC3)c12. The molecule has 5 aromatic rings. The van der Waals surface area contributed by atoms with Crippen molar-refractivity contribution in [2.75, 3.05) is 18.0 Å². The van der Waals surface area contributed by atoms with Crippen LogP contribution in [-0.4, -0.2) is 44.9 Å². The average Bonchev–Trinajstić information content (AvgIpc) is 3.37. The number of aromatic nitrogens is 4. The number of aryl methyl sites for hydroxylation is 1. The molecule has 4 heterocycles. The van der Waals surface area contributed by atoms with Crippen LogP contribution >= 0.6 is 0 Å². The van der Waals surface area contributed by atoms with Gasteiger partial charge in [0.25, 0.3) is 11.6 Å². The van der Waals surface area contributed by atoms with Gasteiger partial charge in [0.1, 0.15) is 0 Å². The summed E-state index contributed by atoms with van der Waals surface area (Å²) in [6, 6.07) is 11.9. The van der Waals surface area contributed by atoms with Crippen LogP contribution in [0.3, 0.4) is 0 Å². The second-order valence-corrected chi connectivity index (χ2v) is 10.3. The first kappa shape index (κ1) is 20.7. The van der Waals surface area contributed by atoms with E-state index < -0.39 is 0 Å². The van der Waals surface area contributed by atoms with E-state index in [9.17, 15) is 4.79 Å². The molecule has 8 heteroatoms. The van der Waals surface area contributed by atoms with E-state index >= 15 is 0 Å². The Hall–Kier alpha value is -3.65. The first-order valence-corrected chi connectivity index (χ1v) is 12.4. The summed E-state index contributed by atoms with van der Waals surface area (Å²) in [5, 5.41) is 12.7. The molecule has 35 heavy (non-hydrogen) atoms. The highest BCUT2D eigenvalue weighted by atomic mass is 16.4. The van der Waals surface area contributed by atoms with Gasteiger partial charge in [-0.15, -0.1) is 0 Å². The monoisotopic (exact) mass is 468 g/mol. The number of pyridine rings is 1. The minimum absolute atomic E-state index is 0.0493. The van der Waals surface area contributed by atoms with Crippen LogP contribution in [0, 0.1) is 6.92 Å². The lowest BCUT2D eigenvalue weighted by Gasteiger charge is -2.35. The highest BCUT2D eigenvalue weighted by molar-refractivity contribution is 6.04. The normalized spacial score (nSPS) is 20.9. The Balaban J connectivity index is 1.46. The van der Waals surface area contributed by atoms with Crippen LogP contribution in [-0.2, 0) is 0 Å². The molecule has 2 fully saturated rings. The number of nitrogens with zero attached hydrogens (tertiary/aromatic N) is 4. The third kappa shape index (κ3) is 3.20. The summed E-state index contributed by atoms with van der Waals surface area (Å²) in [6.07, 6.45) is 3.87. The molecule has 0 radical (unpaired) electrons. The summed E-state index contributed by atoms with van der Waals surface area (Å²) in [6.45, 7) is 8.02. The van der Waals surface area contributed by atoms with Crippen molar-refractivity contribution in [1.82, 2.24) is 25.1 Å². The van der Waals surface area contributed by atoms with E-state index in [1.807, 2.05) is 10.8 Å². The summed E-state index contributed by atoms with van der Waals surface area (Å²) in [5.41, 5.74) is 6.24. The third-order valence-corrected chi connectivity index (χ3v) is 7.45. The Kier molecular flexibility index (Phi) is 4.39. The minimum Gasteiger partial charge on any atom is -0.422 e. The van der Waals surface area contributed by atoms with Crippen molar-refractivity contribution >= 4 is 38.9 Å². The molecule has 2 aromatic carbocycles. The molecular formula is C27H28N6O2. The Bertz CT molecular complexity index is 1660. The van der Waals surface area contributed by atoms with Crippen molar-refractivity contribution in [1.29, 1.82) is 0 Å². The molecule has 0 amide bonds. The van der Waals surface area contributed by atoms with Crippen LogP contribution in [0.2, 0.25) is 0 Å². The Morgan fingerprint density at radius 3 is 2.66 bits per heavy atom. The predicted octanol–water partition coefficient (Wildman–Crippen LogP) is 4.52. The van der Waals surface area contributed by atoms with E-state index in [4.69, 9.17) is 9.40 Å². The van der Waals surface area contributed by atoms with Crippen LogP contribution in [0.4, 0.5) is 6.01 Å². The number of anilines is 1. The van der Waals surface area contributed by atoms with Gasteiger partial charge < -0.3 is 19.2 Å². The van der Waals surface area contributed by atoms with Gasteiger partial charge >= 0.3 is 0 Å². The molecule has 0 unspecified atom stereocenters. The van der Waals surface area contributed by atoms with Gasteiger partial charge in [-0.05, 0) is 68.5 Å². The van der Waals surface area contributed by atoms with Gasteiger partial charge in [-0.25, -0.2) is 0 Å². The number of nitrogens with one attached hydrogen (secondary N) is 2. The fourth-order valence-corrected chi connectivity index (χ4v) is 5.77. The number of hydrogen-bond acceptors (Lipinski definition) is 6. The molecule has 1 aliphatic carbocycles. The molecule has 2 N–H and O–H groups in total. The van der Waals surface area contributed by atoms with E-state index in [1.165, 1.54) is 0 Å². The lowest BCUT2D eigenvalue weighted by Crippen LogP contribution is -2.54. The van der Waals surface area contributed by atoms with Gasteiger partial charge in [0, 0.05) is 42.0 Å². The molecule has 2 aliphatic rings. The number of benzene rings is 2. The average molecular weight is 469 g/mol. The van der Waals surface area contributed by atoms with Gasteiger partial charge in [-0.1, -0.05) is 12.1 Å². The maximum absolute atomic E-state index is 13.8. The van der Waals surface area contributed by atoms with Crippen LogP contribution < -0.4 is 15.8 Å². The van der Waals surface area contributed by atoms with Gasteiger partial charge in [0.05, 0.1) is 17.2 Å². The van der Waals surface area contributed by atoms with Gasteiger partial charge in [-0.3, -0.25) is 9.89 Å². The number of hydrogen-bond donors (Lipinski definition) is 2. The second-order valence-electron chi connectivity index (χ2n) is 10.3. The van der Waals surface area contributed by atoms with Gasteiger partial charge in [0.2, 0.25) is 0 Å². The van der Waals surface area contributed by atoms with E-state index in [2.05, 4.69) is 71.5 Å². The fraction of sp³-hybridized carbons (Fsp3) is 0.370. The Labute approximate surface area is 201 Å². The number of H-pyrrole nitrogens is 1. The predicted molar refractivity (Wildman–Crippen MR) is 138 cm³/mol. The fourth-order valence-electron chi connectivity index (χ4n) is 5.77. The standard InChI is InChI=1S/C27H28N6O2/c1-14-12-32(13-15(2)29-14)27-30-23-25(35-27)21-8-7-20(17-4-9-22-18(10-17)11-28-31-22)16(3)24(21)33(26(23)34)19-5-6-19/h4,7-11,14-15,19,29H,5-6,12-13H2,1-3H3,(H,28,31)/t14-,15+. The lowest BCUT2D eigenvalue weighted by molar-refractivity contribution is 0.389.